The minimum absolute atomic E-state index is 0.0205. The lowest BCUT2D eigenvalue weighted by Crippen LogP contribution is -2.44. The van der Waals surface area contributed by atoms with Crippen molar-refractivity contribution >= 4 is 0 Å². The van der Waals surface area contributed by atoms with Gasteiger partial charge in [0.2, 0.25) is 0 Å². The predicted octanol–water partition coefficient (Wildman–Crippen LogP) is 2.89. The zero-order valence-electron chi connectivity index (χ0n) is 12.3. The van der Waals surface area contributed by atoms with Crippen LogP contribution in [0.4, 0.5) is 13.2 Å². The summed E-state index contributed by atoms with van der Waals surface area (Å²) < 4.78 is 42.2. The van der Waals surface area contributed by atoms with E-state index in [1.54, 1.807) is 19.1 Å². The molecular weight excluding hydrogens is 281 g/mol. The highest BCUT2D eigenvalue weighted by atomic mass is 19.4. The Morgan fingerprint density at radius 2 is 2.10 bits per heavy atom. The number of nitrogens with zero attached hydrogens (tertiary/aromatic N) is 1. The highest BCUT2D eigenvalue weighted by molar-refractivity contribution is 5.40. The van der Waals surface area contributed by atoms with Crippen molar-refractivity contribution in [1.29, 1.82) is 0 Å². The maximum atomic E-state index is 12.3. The number of rotatable bonds is 4. The molecule has 2 rings (SSSR count). The fraction of sp³-hybridized carbons (Fsp3) is 0.600. The first-order valence-corrected chi connectivity index (χ1v) is 7.01. The van der Waals surface area contributed by atoms with Gasteiger partial charge in [0.15, 0.2) is 0 Å². The van der Waals surface area contributed by atoms with Crippen LogP contribution in [0.1, 0.15) is 30.0 Å². The molecule has 2 atom stereocenters. The van der Waals surface area contributed by atoms with Crippen molar-refractivity contribution in [2.75, 3.05) is 20.7 Å². The second-order valence-electron chi connectivity index (χ2n) is 5.54. The monoisotopic (exact) mass is 302 g/mol. The number of nitrogens with two attached hydrogens (primary N) is 1. The van der Waals surface area contributed by atoms with E-state index in [2.05, 4.69) is 0 Å². The molecule has 0 fully saturated rings. The summed E-state index contributed by atoms with van der Waals surface area (Å²) in [6, 6.07) is 5.40. The first-order valence-electron chi connectivity index (χ1n) is 7.01. The van der Waals surface area contributed by atoms with E-state index in [9.17, 15) is 13.2 Å². The minimum atomic E-state index is -4.13. The fourth-order valence-corrected chi connectivity index (χ4v) is 2.90. The van der Waals surface area contributed by atoms with Gasteiger partial charge in [-0.2, -0.15) is 13.2 Å². The van der Waals surface area contributed by atoms with Crippen molar-refractivity contribution in [1.82, 2.24) is 4.90 Å². The first kappa shape index (κ1) is 16.1. The molecule has 0 saturated carbocycles. The van der Waals surface area contributed by atoms with Crippen LogP contribution in [0.3, 0.4) is 0 Å². The molecular formula is C15H21F3N2O. The van der Waals surface area contributed by atoms with E-state index in [0.29, 0.717) is 0 Å². The summed E-state index contributed by atoms with van der Waals surface area (Å²) in [5.74, 6) is 0.782. The van der Waals surface area contributed by atoms with Crippen LogP contribution in [-0.4, -0.2) is 37.8 Å². The number of likely N-dealkylation sites (N-methyl/N-ethyl adjacent to an activating group) is 1. The normalized spacial score (nSPS) is 22.2. The first-order chi connectivity index (χ1) is 9.81. The van der Waals surface area contributed by atoms with E-state index in [-0.39, 0.29) is 18.6 Å². The standard InChI is InChI=1S/C15H21F3N2O/c1-20(8-7-15(16,17)18)13-6-3-10-9-11(21-2)4-5-12(10)14(13)19/h4-5,9,13-14H,3,6-8,19H2,1-2H3. The molecule has 1 aromatic rings. The smallest absolute Gasteiger partial charge is 0.390 e. The third-order valence-corrected chi connectivity index (χ3v) is 4.15. The molecule has 118 valence electrons. The molecule has 0 aliphatic heterocycles. The van der Waals surface area contributed by atoms with Crippen molar-refractivity contribution in [2.45, 2.75) is 37.5 Å². The number of halogens is 3. The van der Waals surface area contributed by atoms with Crippen molar-refractivity contribution in [3.05, 3.63) is 29.3 Å². The molecule has 0 bridgehead atoms. The Labute approximate surface area is 122 Å². The minimum Gasteiger partial charge on any atom is -0.497 e. The zero-order chi connectivity index (χ0) is 15.6. The Kier molecular flexibility index (Phi) is 4.78. The van der Waals surface area contributed by atoms with Crippen LogP contribution in [0.2, 0.25) is 0 Å². The SMILES string of the molecule is COc1ccc2c(c1)CCC(N(C)CCC(F)(F)F)C2N. The topological polar surface area (TPSA) is 38.5 Å². The lowest BCUT2D eigenvalue weighted by Gasteiger charge is -2.37. The summed E-state index contributed by atoms with van der Waals surface area (Å²) in [7, 11) is 3.32. The van der Waals surface area contributed by atoms with Gasteiger partial charge in [0.05, 0.1) is 13.5 Å². The molecule has 0 radical (unpaired) electrons. The molecule has 2 N–H and O–H groups in total. The third kappa shape index (κ3) is 3.89. The van der Waals surface area contributed by atoms with Gasteiger partial charge in [-0.25, -0.2) is 0 Å². The van der Waals surface area contributed by atoms with Crippen LogP contribution in [0.15, 0.2) is 18.2 Å². The number of benzene rings is 1. The van der Waals surface area contributed by atoms with Gasteiger partial charge in [-0.3, -0.25) is 0 Å². The molecule has 6 heteroatoms. The number of methoxy groups -OCH3 is 1. The van der Waals surface area contributed by atoms with E-state index < -0.39 is 12.6 Å². The zero-order valence-corrected chi connectivity index (χ0v) is 12.3. The van der Waals surface area contributed by atoms with E-state index in [1.165, 1.54) is 0 Å². The molecule has 1 aliphatic rings. The number of hydrogen-bond acceptors (Lipinski definition) is 3. The highest BCUT2D eigenvalue weighted by Crippen LogP contribution is 2.33. The molecule has 2 unspecified atom stereocenters. The Bertz CT molecular complexity index is 490. The second-order valence-corrected chi connectivity index (χ2v) is 5.54. The summed E-state index contributed by atoms with van der Waals surface area (Å²) in [4.78, 5) is 1.73. The lowest BCUT2D eigenvalue weighted by molar-refractivity contribution is -0.138. The highest BCUT2D eigenvalue weighted by Gasteiger charge is 2.33. The van der Waals surface area contributed by atoms with Crippen LogP contribution in [0.25, 0.3) is 0 Å². The van der Waals surface area contributed by atoms with Gasteiger partial charge in [-0.15, -0.1) is 0 Å². The molecule has 1 aromatic carbocycles. The van der Waals surface area contributed by atoms with E-state index >= 15 is 0 Å². The molecule has 0 aromatic heterocycles. The largest absolute Gasteiger partial charge is 0.497 e. The number of aryl methyl sites for hydroxylation is 1. The summed E-state index contributed by atoms with van der Waals surface area (Å²) in [6.07, 6.45) is -3.36. The summed E-state index contributed by atoms with van der Waals surface area (Å²) in [6.45, 7) is -0.0205. The van der Waals surface area contributed by atoms with E-state index in [4.69, 9.17) is 10.5 Å². The summed E-state index contributed by atoms with van der Waals surface area (Å²) in [5, 5.41) is 0. The van der Waals surface area contributed by atoms with Crippen molar-refractivity contribution in [3.8, 4) is 5.75 Å². The summed E-state index contributed by atoms with van der Waals surface area (Å²) >= 11 is 0. The van der Waals surface area contributed by atoms with Gasteiger partial charge in [0, 0.05) is 18.6 Å². The summed E-state index contributed by atoms with van der Waals surface area (Å²) in [5.41, 5.74) is 8.39. The van der Waals surface area contributed by atoms with Gasteiger partial charge < -0.3 is 15.4 Å². The molecule has 0 spiro atoms. The average molecular weight is 302 g/mol. The number of fused-ring (bicyclic) bond motifs is 1. The third-order valence-electron chi connectivity index (χ3n) is 4.15. The van der Waals surface area contributed by atoms with Gasteiger partial charge in [0.1, 0.15) is 5.75 Å². The van der Waals surface area contributed by atoms with Gasteiger partial charge >= 0.3 is 6.18 Å². The Balaban J connectivity index is 2.07. The van der Waals surface area contributed by atoms with E-state index in [0.717, 1.165) is 29.7 Å². The number of hydrogen-bond donors (Lipinski definition) is 1. The quantitative estimate of drug-likeness (QED) is 0.929. The molecule has 0 heterocycles. The van der Waals surface area contributed by atoms with Gasteiger partial charge in [-0.1, -0.05) is 6.07 Å². The maximum absolute atomic E-state index is 12.3. The predicted molar refractivity (Wildman–Crippen MR) is 75.3 cm³/mol. The average Bonchev–Trinajstić information content (AvgIpc) is 2.44. The number of ether oxygens (including phenoxy) is 1. The van der Waals surface area contributed by atoms with Gasteiger partial charge in [-0.05, 0) is 43.1 Å². The molecule has 3 nitrogen and oxygen atoms in total. The Morgan fingerprint density at radius 3 is 2.71 bits per heavy atom. The van der Waals surface area contributed by atoms with E-state index in [1.807, 2.05) is 18.2 Å². The maximum Gasteiger partial charge on any atom is 0.390 e. The molecule has 1 aliphatic carbocycles. The van der Waals surface area contributed by atoms with Crippen LogP contribution in [-0.2, 0) is 6.42 Å². The fourth-order valence-electron chi connectivity index (χ4n) is 2.90. The number of alkyl halides is 3. The van der Waals surface area contributed by atoms with Crippen LogP contribution >= 0.6 is 0 Å². The van der Waals surface area contributed by atoms with Crippen molar-refractivity contribution < 1.29 is 17.9 Å². The molecule has 0 amide bonds. The van der Waals surface area contributed by atoms with Crippen molar-refractivity contribution in [3.63, 3.8) is 0 Å². The van der Waals surface area contributed by atoms with Gasteiger partial charge in [0.25, 0.3) is 0 Å². The van der Waals surface area contributed by atoms with Crippen LogP contribution in [0, 0.1) is 0 Å². The Hall–Kier alpha value is -1.27. The van der Waals surface area contributed by atoms with Crippen LogP contribution < -0.4 is 10.5 Å². The second kappa shape index (κ2) is 6.23. The van der Waals surface area contributed by atoms with Crippen LogP contribution in [0.5, 0.6) is 5.75 Å². The van der Waals surface area contributed by atoms with Crippen molar-refractivity contribution in [2.24, 2.45) is 5.73 Å². The molecule has 21 heavy (non-hydrogen) atoms. The molecule has 0 saturated heterocycles. The Morgan fingerprint density at radius 1 is 1.38 bits per heavy atom. The lowest BCUT2D eigenvalue weighted by atomic mass is 9.83.